The summed E-state index contributed by atoms with van der Waals surface area (Å²) in [5, 5.41) is 3.62. The van der Waals surface area contributed by atoms with Crippen LogP contribution in [0.1, 0.15) is 39.2 Å². The molecule has 0 radical (unpaired) electrons. The van der Waals surface area contributed by atoms with E-state index in [0.29, 0.717) is 10.9 Å². The van der Waals surface area contributed by atoms with Crippen LogP contribution in [0.15, 0.2) is 18.2 Å². The van der Waals surface area contributed by atoms with E-state index in [4.69, 9.17) is 11.6 Å². The second-order valence-corrected chi connectivity index (χ2v) is 7.07. The summed E-state index contributed by atoms with van der Waals surface area (Å²) < 4.78 is 13.2. The van der Waals surface area contributed by atoms with E-state index in [9.17, 15) is 9.18 Å². The number of rotatable bonds is 4. The van der Waals surface area contributed by atoms with E-state index in [1.165, 1.54) is 12.1 Å². The first-order valence-electron chi connectivity index (χ1n) is 7.78. The fraction of sp³-hybridized carbons (Fsp3) is 0.588. The minimum absolute atomic E-state index is 0.109. The average molecular weight is 327 g/mol. The Hall–Kier alpha value is -1.13. The van der Waals surface area contributed by atoms with Gasteiger partial charge in [0, 0.05) is 23.7 Å². The summed E-state index contributed by atoms with van der Waals surface area (Å²) in [4.78, 5) is 14.2. The van der Waals surface area contributed by atoms with Crippen LogP contribution in [0.25, 0.3) is 0 Å². The summed E-state index contributed by atoms with van der Waals surface area (Å²) >= 11 is 6.12. The summed E-state index contributed by atoms with van der Waals surface area (Å²) in [5.74, 6) is 0.452. The lowest BCUT2D eigenvalue weighted by atomic mass is 9.94. The molecule has 22 heavy (non-hydrogen) atoms. The van der Waals surface area contributed by atoms with Gasteiger partial charge in [0.1, 0.15) is 5.82 Å². The minimum Gasteiger partial charge on any atom is -0.342 e. The predicted octanol–water partition coefficient (Wildman–Crippen LogP) is 3.56. The van der Waals surface area contributed by atoms with Gasteiger partial charge in [-0.15, -0.1) is 0 Å². The van der Waals surface area contributed by atoms with Crippen LogP contribution in [0.5, 0.6) is 0 Å². The van der Waals surface area contributed by atoms with E-state index in [0.717, 1.165) is 31.5 Å². The molecule has 0 aromatic heterocycles. The molecule has 0 unspecified atom stereocenters. The highest BCUT2D eigenvalue weighted by Gasteiger charge is 2.26. The summed E-state index contributed by atoms with van der Waals surface area (Å²) in [7, 11) is 0. The normalized spacial score (nSPS) is 16.9. The molecule has 1 N–H and O–H groups in total. The third-order valence-electron chi connectivity index (χ3n) is 4.42. The lowest BCUT2D eigenvalue weighted by molar-refractivity contribution is -0.131. The zero-order chi connectivity index (χ0) is 16.3. The zero-order valence-electron chi connectivity index (χ0n) is 13.5. The number of halogens is 2. The Morgan fingerprint density at radius 2 is 2.05 bits per heavy atom. The van der Waals surface area contributed by atoms with Crippen LogP contribution in [0.4, 0.5) is 4.39 Å². The van der Waals surface area contributed by atoms with Gasteiger partial charge in [0.15, 0.2) is 0 Å². The van der Waals surface area contributed by atoms with E-state index >= 15 is 0 Å². The Labute approximate surface area is 136 Å². The first-order chi connectivity index (χ1) is 10.3. The van der Waals surface area contributed by atoms with Crippen molar-refractivity contribution in [2.75, 3.05) is 19.6 Å². The van der Waals surface area contributed by atoms with Crippen LogP contribution in [0.3, 0.4) is 0 Å². The number of carbonyl (C=O) groups is 1. The lowest BCUT2D eigenvalue weighted by Gasteiger charge is -2.33. The number of amides is 1. The Morgan fingerprint density at radius 3 is 2.64 bits per heavy atom. The highest BCUT2D eigenvalue weighted by Crippen LogP contribution is 2.28. The molecular weight excluding hydrogens is 303 g/mol. The van der Waals surface area contributed by atoms with Crippen LogP contribution in [0, 0.1) is 11.7 Å². The van der Waals surface area contributed by atoms with Gasteiger partial charge >= 0.3 is 0 Å². The number of hydrogen-bond donors (Lipinski definition) is 1. The van der Waals surface area contributed by atoms with Gasteiger partial charge in [0.25, 0.3) is 0 Å². The highest BCUT2D eigenvalue weighted by molar-refractivity contribution is 6.31. The van der Waals surface area contributed by atoms with Gasteiger partial charge in [0.05, 0.1) is 6.54 Å². The van der Waals surface area contributed by atoms with Crippen LogP contribution in [-0.2, 0) is 10.3 Å². The van der Waals surface area contributed by atoms with E-state index in [-0.39, 0.29) is 18.3 Å². The van der Waals surface area contributed by atoms with Gasteiger partial charge in [0.2, 0.25) is 5.91 Å². The number of likely N-dealkylation sites (tertiary alicyclic amines) is 1. The Kier molecular flexibility index (Phi) is 5.45. The molecule has 1 aliphatic rings. The molecule has 122 valence electrons. The maximum atomic E-state index is 13.2. The Balaban J connectivity index is 1.95. The van der Waals surface area contributed by atoms with Gasteiger partial charge in [-0.3, -0.25) is 10.1 Å². The maximum Gasteiger partial charge on any atom is 0.236 e. The Bertz CT molecular complexity index is 539. The number of piperidine rings is 1. The number of carbonyl (C=O) groups excluding carboxylic acids is 1. The molecule has 5 heteroatoms. The van der Waals surface area contributed by atoms with Crippen LogP contribution in [-0.4, -0.2) is 30.4 Å². The molecule has 1 heterocycles. The van der Waals surface area contributed by atoms with E-state index in [1.807, 2.05) is 18.7 Å². The van der Waals surface area contributed by atoms with Crippen LogP contribution >= 0.6 is 11.6 Å². The number of nitrogens with zero attached hydrogens (tertiary/aromatic N) is 1. The monoisotopic (exact) mass is 326 g/mol. The molecular formula is C17H24ClFN2O. The molecule has 1 aromatic rings. The number of nitrogens with one attached hydrogen (secondary N) is 1. The second-order valence-electron chi connectivity index (χ2n) is 6.67. The topological polar surface area (TPSA) is 32.3 Å². The van der Waals surface area contributed by atoms with Crippen molar-refractivity contribution in [2.24, 2.45) is 5.92 Å². The molecule has 1 saturated heterocycles. The van der Waals surface area contributed by atoms with Crippen molar-refractivity contribution < 1.29 is 9.18 Å². The van der Waals surface area contributed by atoms with Crippen molar-refractivity contribution in [3.05, 3.63) is 34.6 Å². The summed E-state index contributed by atoms with van der Waals surface area (Å²) in [5.41, 5.74) is 0.291. The molecule has 3 nitrogen and oxygen atoms in total. The van der Waals surface area contributed by atoms with Gasteiger partial charge in [-0.2, -0.15) is 0 Å². The quantitative estimate of drug-likeness (QED) is 0.917. The molecule has 0 spiro atoms. The first-order valence-corrected chi connectivity index (χ1v) is 8.16. The summed E-state index contributed by atoms with van der Waals surface area (Å²) in [6, 6.07) is 4.35. The van der Waals surface area contributed by atoms with Crippen molar-refractivity contribution in [1.29, 1.82) is 0 Å². The van der Waals surface area contributed by atoms with E-state index in [2.05, 4.69) is 12.2 Å². The predicted molar refractivity (Wildman–Crippen MR) is 87.4 cm³/mol. The third kappa shape index (κ3) is 4.20. The van der Waals surface area contributed by atoms with Gasteiger partial charge in [-0.05, 0) is 50.3 Å². The first kappa shape index (κ1) is 17.2. The molecule has 0 bridgehead atoms. The summed E-state index contributed by atoms with van der Waals surface area (Å²) in [6.07, 6.45) is 2.14. The van der Waals surface area contributed by atoms with Gasteiger partial charge < -0.3 is 4.90 Å². The molecule has 0 atom stereocenters. The molecule has 1 amide bonds. The number of hydrogen-bond acceptors (Lipinski definition) is 2. The zero-order valence-corrected chi connectivity index (χ0v) is 14.2. The van der Waals surface area contributed by atoms with Crippen molar-refractivity contribution in [1.82, 2.24) is 10.2 Å². The van der Waals surface area contributed by atoms with Crippen LogP contribution in [0.2, 0.25) is 5.02 Å². The fourth-order valence-corrected chi connectivity index (χ4v) is 3.16. The molecule has 1 aromatic carbocycles. The lowest BCUT2D eigenvalue weighted by Crippen LogP contribution is -2.47. The maximum absolute atomic E-state index is 13.2. The smallest absolute Gasteiger partial charge is 0.236 e. The van der Waals surface area contributed by atoms with Crippen molar-refractivity contribution in [3.8, 4) is 0 Å². The van der Waals surface area contributed by atoms with E-state index in [1.54, 1.807) is 6.07 Å². The minimum atomic E-state index is -0.497. The summed E-state index contributed by atoms with van der Waals surface area (Å²) in [6.45, 7) is 8.03. The SMILES string of the molecule is CC1CCN(C(=O)CNC(C)(C)c2ccc(F)cc2Cl)CC1. The van der Waals surface area contributed by atoms with E-state index < -0.39 is 5.54 Å². The average Bonchev–Trinajstić information content (AvgIpc) is 2.45. The number of benzene rings is 1. The van der Waals surface area contributed by atoms with Crippen molar-refractivity contribution >= 4 is 17.5 Å². The third-order valence-corrected chi connectivity index (χ3v) is 4.74. The van der Waals surface area contributed by atoms with Crippen LogP contribution < -0.4 is 5.32 Å². The van der Waals surface area contributed by atoms with Gasteiger partial charge in [-0.1, -0.05) is 24.6 Å². The fourth-order valence-electron chi connectivity index (χ4n) is 2.76. The van der Waals surface area contributed by atoms with Crippen molar-refractivity contribution in [2.45, 2.75) is 39.2 Å². The van der Waals surface area contributed by atoms with Gasteiger partial charge in [-0.25, -0.2) is 4.39 Å². The highest BCUT2D eigenvalue weighted by atomic mass is 35.5. The van der Waals surface area contributed by atoms with Crippen molar-refractivity contribution in [3.63, 3.8) is 0 Å². The molecule has 0 aliphatic carbocycles. The molecule has 0 saturated carbocycles. The molecule has 2 rings (SSSR count). The Morgan fingerprint density at radius 1 is 1.41 bits per heavy atom. The largest absolute Gasteiger partial charge is 0.342 e. The molecule has 1 fully saturated rings. The molecule has 1 aliphatic heterocycles. The standard InChI is InChI=1S/C17H24ClFN2O/c1-12-6-8-21(9-7-12)16(22)11-20-17(2,3)14-5-4-13(19)10-15(14)18/h4-5,10,12,20H,6-9,11H2,1-3H3. The second kappa shape index (κ2) is 6.97.